The van der Waals surface area contributed by atoms with Crippen molar-refractivity contribution in [2.24, 2.45) is 4.99 Å². The van der Waals surface area contributed by atoms with Gasteiger partial charge in [0.05, 0.1) is 45.4 Å². The first kappa shape index (κ1) is 32.5. The van der Waals surface area contributed by atoms with Crippen LogP contribution >= 0.6 is 34.4 Å². The van der Waals surface area contributed by atoms with E-state index >= 15 is 0 Å². The number of carboxylic acids is 1. The summed E-state index contributed by atoms with van der Waals surface area (Å²) < 4.78 is 17.6. The molecule has 1 fully saturated rings. The quantitative estimate of drug-likeness (QED) is 0.0724. The smallest absolute Gasteiger partial charge is 0.335 e. The number of amides is 1. The summed E-state index contributed by atoms with van der Waals surface area (Å²) in [6, 6.07) is 23.3. The molecule has 46 heavy (non-hydrogen) atoms. The van der Waals surface area contributed by atoms with Crippen molar-refractivity contribution in [3.8, 4) is 17.2 Å². The second-order valence-electron chi connectivity index (χ2n) is 9.84. The van der Waals surface area contributed by atoms with Gasteiger partial charge in [0.25, 0.3) is 11.6 Å². The summed E-state index contributed by atoms with van der Waals surface area (Å²) >= 11 is 3.36. The molecule has 0 unspecified atom stereocenters. The molecule has 5 rings (SSSR count). The molecule has 11 nitrogen and oxygen atoms in total. The van der Waals surface area contributed by atoms with Crippen molar-refractivity contribution in [2.45, 2.75) is 13.2 Å². The molecule has 0 spiro atoms. The fourth-order valence-corrected chi connectivity index (χ4v) is 6.20. The maximum atomic E-state index is 13.8. The summed E-state index contributed by atoms with van der Waals surface area (Å²) in [5, 5.41) is 20.7. The molecule has 0 aliphatic carbocycles. The fourth-order valence-electron chi connectivity index (χ4n) is 4.42. The molecule has 0 saturated carbocycles. The van der Waals surface area contributed by atoms with Crippen molar-refractivity contribution in [3.63, 3.8) is 0 Å². The van der Waals surface area contributed by atoms with Gasteiger partial charge in [-0.15, -0.1) is 0 Å². The molecule has 13 heteroatoms. The van der Waals surface area contributed by atoms with Crippen molar-refractivity contribution in [1.29, 1.82) is 0 Å². The van der Waals surface area contributed by atoms with Crippen LogP contribution < -0.4 is 14.2 Å². The van der Waals surface area contributed by atoms with Gasteiger partial charge < -0.3 is 19.3 Å². The average Bonchev–Trinajstić information content (AvgIpc) is 3.33. The van der Waals surface area contributed by atoms with Gasteiger partial charge in [-0.3, -0.25) is 19.8 Å². The Kier molecular flexibility index (Phi) is 10.2. The van der Waals surface area contributed by atoms with Crippen molar-refractivity contribution in [2.75, 3.05) is 14.2 Å². The Hall–Kier alpha value is -4.89. The number of aliphatic imine (C=N–C) groups is 1. The molecule has 1 aliphatic heterocycles. The predicted molar refractivity (Wildman–Crippen MR) is 183 cm³/mol. The number of non-ortho nitro benzene ring substituents is 1. The Morgan fingerprint density at radius 3 is 2.28 bits per heavy atom. The SMILES string of the molecule is COc1ccc(N=C2S/C(=C\c3cc(I)c(OCc4ccc([N+](=O)[O-])cc4)c(OC)c3)C(=O)N2Cc2ccc(C(=O)O)cc2)cc1. The first-order valence-corrected chi connectivity index (χ1v) is 15.5. The third-order valence-electron chi connectivity index (χ3n) is 6.81. The van der Waals surface area contributed by atoms with Gasteiger partial charge in [-0.05, 0) is 118 Å². The van der Waals surface area contributed by atoms with Crippen molar-refractivity contribution in [1.82, 2.24) is 4.90 Å². The van der Waals surface area contributed by atoms with Crippen LogP contribution in [0.2, 0.25) is 0 Å². The lowest BCUT2D eigenvalue weighted by molar-refractivity contribution is -0.384. The van der Waals surface area contributed by atoms with Gasteiger partial charge in [0.15, 0.2) is 16.7 Å². The monoisotopic (exact) mass is 751 g/mol. The number of benzene rings is 4. The standard InChI is InChI=1S/C33H26IN3O8S/c1-43-26-13-9-24(10-14-26)35-33-36(18-20-3-7-23(8-4-20)32(39)40)31(38)29(46-33)17-22-15-27(34)30(28(16-22)44-2)45-19-21-5-11-25(12-6-21)37(41)42/h3-17H,18-19H2,1-2H3,(H,39,40)/b29-17-,35-33?. The summed E-state index contributed by atoms with van der Waals surface area (Å²) in [6.45, 7) is 0.362. The number of hydrogen-bond donors (Lipinski definition) is 1. The van der Waals surface area contributed by atoms with Gasteiger partial charge in [0, 0.05) is 12.1 Å². The number of rotatable bonds is 11. The number of nitro groups is 1. The third-order valence-corrected chi connectivity index (χ3v) is 8.61. The number of aromatic carboxylic acids is 1. The van der Waals surface area contributed by atoms with E-state index in [0.29, 0.717) is 38.6 Å². The van der Waals surface area contributed by atoms with Gasteiger partial charge in [-0.2, -0.15) is 0 Å². The topological polar surface area (TPSA) is 141 Å². The highest BCUT2D eigenvalue weighted by molar-refractivity contribution is 14.1. The number of hydrogen-bond acceptors (Lipinski definition) is 9. The van der Waals surface area contributed by atoms with Crippen LogP contribution in [0.3, 0.4) is 0 Å². The number of nitrogens with zero attached hydrogens (tertiary/aromatic N) is 3. The molecule has 4 aromatic rings. The molecule has 1 saturated heterocycles. The molecule has 1 heterocycles. The van der Waals surface area contributed by atoms with Crippen LogP contribution in [0.5, 0.6) is 17.2 Å². The highest BCUT2D eigenvalue weighted by Crippen LogP contribution is 2.39. The Morgan fingerprint density at radius 1 is 1.00 bits per heavy atom. The maximum Gasteiger partial charge on any atom is 0.335 e. The van der Waals surface area contributed by atoms with Crippen LogP contribution in [0.15, 0.2) is 94.8 Å². The van der Waals surface area contributed by atoms with Crippen LogP contribution in [-0.2, 0) is 17.9 Å². The van der Waals surface area contributed by atoms with E-state index in [0.717, 1.165) is 14.7 Å². The number of methoxy groups -OCH3 is 2. The van der Waals surface area contributed by atoms with Crippen LogP contribution in [0.25, 0.3) is 6.08 Å². The summed E-state index contributed by atoms with van der Waals surface area (Å²) in [5.74, 6) is 0.353. The third kappa shape index (κ3) is 7.66. The molecular weight excluding hydrogens is 725 g/mol. The molecule has 1 aliphatic rings. The summed E-state index contributed by atoms with van der Waals surface area (Å²) in [7, 11) is 3.10. The van der Waals surface area contributed by atoms with E-state index < -0.39 is 10.9 Å². The molecule has 4 aromatic carbocycles. The number of carboxylic acid groups (broad SMARTS) is 1. The first-order valence-electron chi connectivity index (χ1n) is 13.6. The van der Waals surface area contributed by atoms with Gasteiger partial charge in [0.2, 0.25) is 0 Å². The number of nitro benzene ring substituents is 1. The number of carbonyl (C=O) groups excluding carboxylic acids is 1. The first-order chi connectivity index (χ1) is 22.1. The minimum Gasteiger partial charge on any atom is -0.497 e. The molecule has 234 valence electrons. The number of thioether (sulfide) groups is 1. The number of halogens is 1. The summed E-state index contributed by atoms with van der Waals surface area (Å²) in [4.78, 5) is 42.3. The number of amidine groups is 1. The lowest BCUT2D eigenvalue weighted by Gasteiger charge is -2.16. The highest BCUT2D eigenvalue weighted by Gasteiger charge is 2.33. The molecule has 1 N–H and O–H groups in total. The van der Waals surface area contributed by atoms with Crippen molar-refractivity contribution in [3.05, 3.63) is 126 Å². The van der Waals surface area contributed by atoms with E-state index in [1.165, 1.54) is 43.1 Å². The van der Waals surface area contributed by atoms with Crippen LogP contribution in [0, 0.1) is 13.7 Å². The zero-order valence-electron chi connectivity index (χ0n) is 24.5. The normalized spacial score (nSPS) is 14.5. The average molecular weight is 752 g/mol. The van der Waals surface area contributed by atoms with Crippen LogP contribution in [0.1, 0.15) is 27.0 Å². The Bertz CT molecular complexity index is 1840. The minimum absolute atomic E-state index is 0.000472. The van der Waals surface area contributed by atoms with E-state index in [2.05, 4.69) is 22.6 Å². The molecule has 1 amide bonds. The van der Waals surface area contributed by atoms with Gasteiger partial charge in [0.1, 0.15) is 12.4 Å². The summed E-state index contributed by atoms with van der Waals surface area (Å²) in [6.07, 6.45) is 1.76. The van der Waals surface area contributed by atoms with Crippen LogP contribution in [0.4, 0.5) is 11.4 Å². The molecule has 0 atom stereocenters. The van der Waals surface area contributed by atoms with E-state index in [-0.39, 0.29) is 30.3 Å². The lowest BCUT2D eigenvalue weighted by atomic mass is 10.1. The largest absolute Gasteiger partial charge is 0.497 e. The van der Waals surface area contributed by atoms with Gasteiger partial charge in [-0.1, -0.05) is 12.1 Å². The van der Waals surface area contributed by atoms with E-state index in [1.54, 1.807) is 72.7 Å². The zero-order valence-corrected chi connectivity index (χ0v) is 27.5. The lowest BCUT2D eigenvalue weighted by Crippen LogP contribution is -2.28. The van der Waals surface area contributed by atoms with Gasteiger partial charge in [-0.25, -0.2) is 9.79 Å². The van der Waals surface area contributed by atoms with Crippen LogP contribution in [-0.4, -0.2) is 46.2 Å². The Morgan fingerprint density at radius 2 is 1.67 bits per heavy atom. The second-order valence-corrected chi connectivity index (χ2v) is 12.0. The van der Waals surface area contributed by atoms with Crippen molar-refractivity contribution < 1.29 is 33.8 Å². The van der Waals surface area contributed by atoms with Crippen molar-refractivity contribution >= 4 is 68.8 Å². The van der Waals surface area contributed by atoms with Gasteiger partial charge >= 0.3 is 5.97 Å². The highest BCUT2D eigenvalue weighted by atomic mass is 127. The maximum absolute atomic E-state index is 13.8. The zero-order chi connectivity index (χ0) is 32.8. The Labute approximate surface area is 281 Å². The molecular formula is C33H26IN3O8S. The molecule has 0 radical (unpaired) electrons. The van der Waals surface area contributed by atoms with E-state index in [4.69, 9.17) is 19.2 Å². The second kappa shape index (κ2) is 14.5. The fraction of sp³-hybridized carbons (Fsp3) is 0.121. The Balaban J connectivity index is 1.42. The predicted octanol–water partition coefficient (Wildman–Crippen LogP) is 7.30. The van der Waals surface area contributed by atoms with E-state index in [1.807, 2.05) is 6.07 Å². The molecule has 0 bridgehead atoms. The molecule has 0 aromatic heterocycles. The minimum atomic E-state index is -1.03. The number of ether oxygens (including phenoxy) is 3. The van der Waals surface area contributed by atoms with E-state index in [9.17, 15) is 24.8 Å². The number of carbonyl (C=O) groups is 2. The summed E-state index contributed by atoms with van der Waals surface area (Å²) in [5.41, 5.74) is 2.99.